The topological polar surface area (TPSA) is 83.0 Å². The van der Waals surface area contributed by atoms with Crippen molar-refractivity contribution in [2.24, 2.45) is 7.05 Å². The van der Waals surface area contributed by atoms with Crippen LogP contribution in [0, 0.1) is 0 Å². The lowest BCUT2D eigenvalue weighted by Gasteiger charge is -2.02. The molecule has 0 radical (unpaired) electrons. The number of methoxy groups -OCH3 is 1. The van der Waals surface area contributed by atoms with Gasteiger partial charge >= 0.3 is 5.97 Å². The highest BCUT2D eigenvalue weighted by atomic mass is 32.2. The molecule has 17 heavy (non-hydrogen) atoms. The second-order valence-corrected chi connectivity index (χ2v) is 4.27. The molecule has 2 N–H and O–H groups in total. The van der Waals surface area contributed by atoms with Crippen molar-refractivity contribution >= 4 is 23.7 Å². The first-order valence-electron chi connectivity index (χ1n) is 5.15. The molecule has 1 rings (SSSR count). The number of aromatic nitrogens is 3. The SMILES string of the molecule is CCC(=CCSc1nnc(N)n1C)C(=O)OC. The Labute approximate surface area is 104 Å². The summed E-state index contributed by atoms with van der Waals surface area (Å²) in [6.07, 6.45) is 2.48. The monoisotopic (exact) mass is 256 g/mol. The minimum absolute atomic E-state index is 0.287. The molecule has 0 aliphatic heterocycles. The van der Waals surface area contributed by atoms with Crippen LogP contribution >= 0.6 is 11.8 Å². The Morgan fingerprint density at radius 1 is 1.59 bits per heavy atom. The zero-order chi connectivity index (χ0) is 12.8. The van der Waals surface area contributed by atoms with Crippen LogP contribution < -0.4 is 5.73 Å². The van der Waals surface area contributed by atoms with Crippen LogP contribution in [0.1, 0.15) is 13.3 Å². The van der Waals surface area contributed by atoms with Crippen molar-refractivity contribution in [3.05, 3.63) is 11.6 Å². The Morgan fingerprint density at radius 2 is 2.29 bits per heavy atom. The first-order chi connectivity index (χ1) is 8.10. The van der Waals surface area contributed by atoms with E-state index in [1.807, 2.05) is 13.0 Å². The number of carbonyl (C=O) groups is 1. The van der Waals surface area contributed by atoms with Crippen molar-refractivity contribution in [1.82, 2.24) is 14.8 Å². The van der Waals surface area contributed by atoms with Gasteiger partial charge in [0.2, 0.25) is 5.95 Å². The molecule has 6 nitrogen and oxygen atoms in total. The lowest BCUT2D eigenvalue weighted by atomic mass is 10.2. The first-order valence-corrected chi connectivity index (χ1v) is 6.13. The molecule has 0 amide bonds. The van der Waals surface area contributed by atoms with Gasteiger partial charge < -0.3 is 10.5 Å². The second-order valence-electron chi connectivity index (χ2n) is 3.29. The van der Waals surface area contributed by atoms with Gasteiger partial charge in [-0.1, -0.05) is 24.8 Å². The van der Waals surface area contributed by atoms with E-state index in [1.165, 1.54) is 18.9 Å². The second kappa shape index (κ2) is 6.29. The lowest BCUT2D eigenvalue weighted by Crippen LogP contribution is -2.04. The number of nitrogens with two attached hydrogens (primary N) is 1. The number of hydrogen-bond donors (Lipinski definition) is 1. The third-order valence-electron chi connectivity index (χ3n) is 2.24. The molecule has 94 valence electrons. The maximum absolute atomic E-state index is 11.3. The Hall–Kier alpha value is -1.50. The van der Waals surface area contributed by atoms with Crippen molar-refractivity contribution in [1.29, 1.82) is 0 Å². The van der Waals surface area contributed by atoms with E-state index >= 15 is 0 Å². The zero-order valence-corrected chi connectivity index (χ0v) is 11.0. The Balaban J connectivity index is 2.59. The minimum Gasteiger partial charge on any atom is -0.466 e. The fourth-order valence-corrected chi connectivity index (χ4v) is 1.99. The zero-order valence-electron chi connectivity index (χ0n) is 10.1. The summed E-state index contributed by atoms with van der Waals surface area (Å²) in [6.45, 7) is 1.91. The molecule has 0 aliphatic carbocycles. The molecular formula is C10H16N4O2S. The minimum atomic E-state index is -0.287. The summed E-state index contributed by atoms with van der Waals surface area (Å²) in [5, 5.41) is 8.37. The van der Waals surface area contributed by atoms with E-state index in [0.717, 1.165) is 5.16 Å². The number of nitrogen functional groups attached to an aromatic ring is 1. The number of carbonyl (C=O) groups excluding carboxylic acids is 1. The van der Waals surface area contributed by atoms with E-state index in [9.17, 15) is 4.79 Å². The number of nitrogens with zero attached hydrogens (tertiary/aromatic N) is 3. The van der Waals surface area contributed by atoms with E-state index in [2.05, 4.69) is 14.9 Å². The van der Waals surface area contributed by atoms with Crippen LogP contribution in [0.4, 0.5) is 5.95 Å². The molecule has 0 aliphatic rings. The predicted molar refractivity (Wildman–Crippen MR) is 66.5 cm³/mol. The third kappa shape index (κ3) is 3.48. The number of esters is 1. The summed E-state index contributed by atoms with van der Waals surface area (Å²) >= 11 is 1.46. The molecule has 7 heteroatoms. The third-order valence-corrected chi connectivity index (χ3v) is 3.19. The number of anilines is 1. The van der Waals surface area contributed by atoms with Crippen LogP contribution in [-0.2, 0) is 16.6 Å². The molecule has 0 fully saturated rings. The molecule has 0 aromatic carbocycles. The number of ether oxygens (including phenoxy) is 1. The number of rotatable bonds is 5. The van der Waals surface area contributed by atoms with Gasteiger partial charge in [0.15, 0.2) is 5.16 Å². The molecule has 1 heterocycles. The largest absolute Gasteiger partial charge is 0.466 e. The molecule has 0 spiro atoms. The lowest BCUT2D eigenvalue weighted by molar-refractivity contribution is -0.136. The van der Waals surface area contributed by atoms with Gasteiger partial charge in [0.1, 0.15) is 0 Å². The Kier molecular flexibility index (Phi) is 5.02. The average Bonchev–Trinajstić information content (AvgIpc) is 2.65. The van der Waals surface area contributed by atoms with Gasteiger partial charge in [0.25, 0.3) is 0 Å². The van der Waals surface area contributed by atoms with Gasteiger partial charge in [-0.05, 0) is 6.42 Å². The maximum Gasteiger partial charge on any atom is 0.333 e. The smallest absolute Gasteiger partial charge is 0.333 e. The fourth-order valence-electron chi connectivity index (χ4n) is 1.17. The molecule has 0 bridgehead atoms. The molecule has 0 saturated heterocycles. The van der Waals surface area contributed by atoms with Crippen LogP contribution in [0.15, 0.2) is 16.8 Å². The van der Waals surface area contributed by atoms with Gasteiger partial charge in [-0.3, -0.25) is 4.57 Å². The van der Waals surface area contributed by atoms with Gasteiger partial charge in [0, 0.05) is 18.4 Å². The van der Waals surface area contributed by atoms with E-state index < -0.39 is 0 Å². The van der Waals surface area contributed by atoms with Crippen molar-refractivity contribution in [2.75, 3.05) is 18.6 Å². The molecule has 0 saturated carbocycles. The summed E-state index contributed by atoms with van der Waals surface area (Å²) in [6, 6.07) is 0. The normalized spacial score (nSPS) is 11.6. The van der Waals surface area contributed by atoms with E-state index in [0.29, 0.717) is 23.7 Å². The Bertz CT molecular complexity index is 428. The van der Waals surface area contributed by atoms with Gasteiger partial charge in [-0.25, -0.2) is 4.79 Å². The van der Waals surface area contributed by atoms with Crippen LogP contribution in [0.5, 0.6) is 0 Å². The van der Waals surface area contributed by atoms with Crippen molar-refractivity contribution < 1.29 is 9.53 Å². The average molecular weight is 256 g/mol. The molecule has 1 aromatic heterocycles. The van der Waals surface area contributed by atoms with Gasteiger partial charge in [-0.2, -0.15) is 0 Å². The Morgan fingerprint density at radius 3 is 2.76 bits per heavy atom. The highest BCUT2D eigenvalue weighted by Gasteiger charge is 2.08. The number of hydrogen-bond acceptors (Lipinski definition) is 6. The highest BCUT2D eigenvalue weighted by Crippen LogP contribution is 2.17. The summed E-state index contributed by atoms with van der Waals surface area (Å²) in [5.74, 6) is 0.718. The van der Waals surface area contributed by atoms with Crippen LogP contribution in [0.25, 0.3) is 0 Å². The number of thioether (sulfide) groups is 1. The van der Waals surface area contributed by atoms with Crippen LogP contribution in [-0.4, -0.2) is 33.6 Å². The summed E-state index contributed by atoms with van der Waals surface area (Å²) < 4.78 is 6.36. The standard InChI is InChI=1S/C10H16N4O2S/c1-4-7(8(15)16-3)5-6-17-10-13-12-9(11)14(10)2/h5H,4,6H2,1-3H3,(H2,11,12). The molecule has 0 atom stereocenters. The van der Waals surface area contributed by atoms with Crippen molar-refractivity contribution in [3.63, 3.8) is 0 Å². The summed E-state index contributed by atoms with van der Waals surface area (Å²) in [7, 11) is 3.17. The highest BCUT2D eigenvalue weighted by molar-refractivity contribution is 7.99. The molecule has 1 aromatic rings. The summed E-state index contributed by atoms with van der Waals surface area (Å²) in [4.78, 5) is 11.3. The van der Waals surface area contributed by atoms with E-state index in [4.69, 9.17) is 5.73 Å². The fraction of sp³-hybridized carbons (Fsp3) is 0.500. The van der Waals surface area contributed by atoms with Crippen LogP contribution in [0.2, 0.25) is 0 Å². The quantitative estimate of drug-likeness (QED) is 0.481. The first kappa shape index (κ1) is 13.6. The van der Waals surface area contributed by atoms with E-state index in [1.54, 1.807) is 11.6 Å². The summed E-state index contributed by atoms with van der Waals surface area (Å²) in [5.41, 5.74) is 6.22. The van der Waals surface area contributed by atoms with Crippen LogP contribution in [0.3, 0.4) is 0 Å². The van der Waals surface area contributed by atoms with Crippen molar-refractivity contribution in [3.8, 4) is 0 Å². The predicted octanol–water partition coefficient (Wildman–Crippen LogP) is 0.999. The molecule has 0 unspecified atom stereocenters. The van der Waals surface area contributed by atoms with Gasteiger partial charge in [-0.15, -0.1) is 10.2 Å². The van der Waals surface area contributed by atoms with Crippen molar-refractivity contribution in [2.45, 2.75) is 18.5 Å². The molecular weight excluding hydrogens is 240 g/mol. The van der Waals surface area contributed by atoms with Gasteiger partial charge in [0.05, 0.1) is 7.11 Å². The maximum atomic E-state index is 11.3. The van der Waals surface area contributed by atoms with E-state index in [-0.39, 0.29) is 5.97 Å².